The first-order chi connectivity index (χ1) is 27.5. The van der Waals surface area contributed by atoms with Crippen molar-refractivity contribution in [1.29, 1.82) is 0 Å². The molecule has 3 aliphatic rings. The Balaban J connectivity index is 1.57. The van der Waals surface area contributed by atoms with E-state index in [1.807, 2.05) is 56.3 Å². The molecule has 1 unspecified atom stereocenters. The molecule has 3 fully saturated rings. The third-order valence-electron chi connectivity index (χ3n) is 12.0. The van der Waals surface area contributed by atoms with Gasteiger partial charge in [0.15, 0.2) is 0 Å². The van der Waals surface area contributed by atoms with E-state index in [1.54, 1.807) is 29.2 Å². The Morgan fingerprint density at radius 3 is 2.32 bits per heavy atom. The summed E-state index contributed by atoms with van der Waals surface area (Å²) in [6, 6.07) is 14.1. The van der Waals surface area contributed by atoms with E-state index in [0.717, 1.165) is 18.8 Å². The van der Waals surface area contributed by atoms with Crippen molar-refractivity contribution in [1.82, 2.24) is 10.2 Å². The zero-order chi connectivity index (χ0) is 41.4. The lowest BCUT2D eigenvalue weighted by Crippen LogP contribution is -2.60. The van der Waals surface area contributed by atoms with Gasteiger partial charge in [-0.05, 0) is 62.4 Å². The number of methoxy groups -OCH3 is 1. The van der Waals surface area contributed by atoms with Gasteiger partial charge in [-0.1, -0.05) is 78.7 Å². The summed E-state index contributed by atoms with van der Waals surface area (Å²) in [6.45, 7) is 17.2. The monoisotopic (exact) mass is 850 g/mol. The highest BCUT2D eigenvalue weighted by molar-refractivity contribution is 9.09. The number of amides is 3. The molecule has 12 nitrogen and oxygen atoms in total. The minimum absolute atomic E-state index is 0.0388. The summed E-state index contributed by atoms with van der Waals surface area (Å²) in [5, 5.41) is 13.9. The predicted molar refractivity (Wildman–Crippen MR) is 224 cm³/mol. The zero-order valence-corrected chi connectivity index (χ0v) is 35.4. The van der Waals surface area contributed by atoms with E-state index >= 15 is 9.59 Å². The molecule has 10 atom stereocenters. The molecule has 3 aliphatic heterocycles. The van der Waals surface area contributed by atoms with Gasteiger partial charge in [-0.2, -0.15) is 0 Å². The van der Waals surface area contributed by atoms with Gasteiger partial charge in [0, 0.05) is 49.4 Å². The molecule has 57 heavy (non-hydrogen) atoms. The largest absolute Gasteiger partial charge is 0.455 e. The molecule has 3 saturated heterocycles. The van der Waals surface area contributed by atoms with Crippen LogP contribution in [0.3, 0.4) is 0 Å². The molecule has 3 heterocycles. The first-order valence-electron chi connectivity index (χ1n) is 20.1. The van der Waals surface area contributed by atoms with Crippen LogP contribution in [-0.2, 0) is 33.4 Å². The molecule has 0 aliphatic carbocycles. The average molecular weight is 852 g/mol. The van der Waals surface area contributed by atoms with E-state index < -0.39 is 64.5 Å². The van der Waals surface area contributed by atoms with Crippen molar-refractivity contribution < 1.29 is 38.5 Å². The number of hydrogen-bond donors (Lipinski definition) is 2. The molecule has 2 N–H and O–H groups in total. The number of nitrogens with zero attached hydrogens (tertiary/aromatic N) is 3. The van der Waals surface area contributed by atoms with Gasteiger partial charge in [0.25, 0.3) is 5.91 Å². The van der Waals surface area contributed by atoms with Gasteiger partial charge in [-0.25, -0.2) is 0 Å². The summed E-state index contributed by atoms with van der Waals surface area (Å²) >= 11 is 3.78. The number of aliphatic hydroxyl groups is 1. The van der Waals surface area contributed by atoms with Crippen LogP contribution in [0.15, 0.2) is 79.9 Å². The number of hydrogen-bond acceptors (Lipinski definition) is 9. The number of rotatable bonds is 21. The van der Waals surface area contributed by atoms with Crippen LogP contribution in [0.2, 0.25) is 0 Å². The maximum absolute atomic E-state index is 15.3. The molecule has 5 rings (SSSR count). The first kappa shape index (κ1) is 44.1. The van der Waals surface area contributed by atoms with E-state index in [1.165, 1.54) is 12.0 Å². The molecule has 2 aromatic rings. The molecule has 2 aromatic carbocycles. The van der Waals surface area contributed by atoms with Crippen LogP contribution in [0.25, 0.3) is 0 Å². The summed E-state index contributed by atoms with van der Waals surface area (Å²) in [5.74, 6) is -4.13. The minimum atomic E-state index is -1.41. The fourth-order valence-corrected chi connectivity index (χ4v) is 9.89. The summed E-state index contributed by atoms with van der Waals surface area (Å²) in [6.07, 6.45) is 3.09. The summed E-state index contributed by atoms with van der Waals surface area (Å²) < 4.78 is 18.8. The summed E-state index contributed by atoms with van der Waals surface area (Å²) in [4.78, 5) is 63.1. The van der Waals surface area contributed by atoms with E-state index in [-0.39, 0.29) is 50.3 Å². The number of ether oxygens (including phenoxy) is 3. The van der Waals surface area contributed by atoms with Crippen molar-refractivity contribution >= 4 is 51.0 Å². The smallest absolute Gasteiger partial charge is 0.313 e. The zero-order valence-electron chi connectivity index (χ0n) is 33.8. The van der Waals surface area contributed by atoms with Crippen molar-refractivity contribution in [2.24, 2.45) is 17.8 Å². The lowest BCUT2D eigenvalue weighted by molar-refractivity contribution is -0.163. The first-order valence-corrected chi connectivity index (χ1v) is 21.0. The molecular weight excluding hydrogens is 792 g/mol. The molecule has 13 heteroatoms. The van der Waals surface area contributed by atoms with Gasteiger partial charge >= 0.3 is 5.97 Å². The summed E-state index contributed by atoms with van der Waals surface area (Å²) in [5.41, 5.74) is 0.853. The standard InChI is InChI=1S/C44H59BrN4O8/c1-8-13-19-35(51)46-33(27-55-7)38(29-17-15-14-16-18-29)56-43(54)36-37-41(52)49(34(26-50)28(6)10-3)40(44(37)25-32(45)39(36)57-44)42(53)48(24-9-2)31-22-20-30(21-23-31)47(11-4)12-5/h8-9,14-18,20-23,28,32-34,36-40,50H,1-2,10-13,19,24-27H2,3-7H3,(H,46,51)/t28-,32?,33-,34-,36-,37+,38-,39-,40-,44+/m0/s1. The maximum atomic E-state index is 15.3. The highest BCUT2D eigenvalue weighted by atomic mass is 79.9. The normalized spacial score (nSPS) is 25.6. The van der Waals surface area contributed by atoms with Crippen LogP contribution < -0.4 is 15.1 Å². The van der Waals surface area contributed by atoms with E-state index in [9.17, 15) is 14.7 Å². The molecule has 310 valence electrons. The van der Waals surface area contributed by atoms with Crippen LogP contribution in [-0.4, -0.2) is 108 Å². The number of fused-ring (bicyclic) bond motifs is 1. The number of benzene rings is 2. The maximum Gasteiger partial charge on any atom is 0.313 e. The predicted octanol–water partition coefficient (Wildman–Crippen LogP) is 5.59. The van der Waals surface area contributed by atoms with E-state index in [2.05, 4.69) is 53.2 Å². The number of aliphatic hydroxyl groups excluding tert-OH is 1. The van der Waals surface area contributed by atoms with Crippen molar-refractivity contribution in [2.75, 3.05) is 49.8 Å². The quantitative estimate of drug-likeness (QED) is 0.0937. The fourth-order valence-electron chi connectivity index (χ4n) is 8.94. The summed E-state index contributed by atoms with van der Waals surface area (Å²) in [7, 11) is 1.50. The Labute approximate surface area is 345 Å². The fraction of sp³-hybridized carbons (Fsp3) is 0.545. The Hall–Kier alpha value is -4.04. The van der Waals surface area contributed by atoms with Gasteiger partial charge in [0.05, 0.1) is 43.2 Å². The number of carbonyl (C=O) groups is 4. The van der Waals surface area contributed by atoms with Gasteiger partial charge in [-0.15, -0.1) is 13.2 Å². The number of carbonyl (C=O) groups excluding carboxylic acids is 4. The molecule has 3 amide bonds. The van der Waals surface area contributed by atoms with Crippen LogP contribution in [0, 0.1) is 17.8 Å². The Kier molecular flexibility index (Phi) is 15.2. The van der Waals surface area contributed by atoms with Gasteiger partial charge in [0.1, 0.15) is 17.7 Å². The number of anilines is 2. The molecule has 0 saturated carbocycles. The number of nitrogens with one attached hydrogen (secondary N) is 1. The van der Waals surface area contributed by atoms with Crippen molar-refractivity contribution in [3.63, 3.8) is 0 Å². The van der Waals surface area contributed by atoms with Gasteiger partial charge in [-0.3, -0.25) is 19.2 Å². The van der Waals surface area contributed by atoms with Crippen LogP contribution in [0.4, 0.5) is 11.4 Å². The SMILES string of the molecule is C=CCCC(=O)N[C@@H](COC)[C@@H](OC(=O)[C@@H]1[C@H]2O[C@@]3(CC2Br)[C@H](C(=O)N(CC=C)c2ccc(N(CC)CC)cc2)N([C@@H](CO)[C@@H](C)CC)C(=O)[C@@H]13)c1ccccc1. The molecule has 0 radical (unpaired) electrons. The highest BCUT2D eigenvalue weighted by Crippen LogP contribution is 2.61. The van der Waals surface area contributed by atoms with Gasteiger partial charge < -0.3 is 39.3 Å². The highest BCUT2D eigenvalue weighted by Gasteiger charge is 2.78. The van der Waals surface area contributed by atoms with Crippen molar-refractivity contribution in [3.8, 4) is 0 Å². The van der Waals surface area contributed by atoms with Crippen LogP contribution >= 0.6 is 15.9 Å². The topological polar surface area (TPSA) is 138 Å². The number of alkyl halides is 1. The average Bonchev–Trinajstić information content (AvgIpc) is 3.82. The van der Waals surface area contributed by atoms with E-state index in [4.69, 9.17) is 14.2 Å². The van der Waals surface area contributed by atoms with Crippen LogP contribution in [0.1, 0.15) is 65.0 Å². The van der Waals surface area contributed by atoms with E-state index in [0.29, 0.717) is 24.1 Å². The molecule has 2 bridgehead atoms. The number of allylic oxidation sites excluding steroid dienone is 1. The lowest BCUT2D eigenvalue weighted by Gasteiger charge is -2.41. The van der Waals surface area contributed by atoms with Crippen molar-refractivity contribution in [2.45, 2.75) is 94.1 Å². The lowest BCUT2D eigenvalue weighted by atomic mass is 9.70. The minimum Gasteiger partial charge on any atom is -0.455 e. The second-order valence-electron chi connectivity index (χ2n) is 15.2. The molecule has 0 aromatic heterocycles. The Morgan fingerprint density at radius 2 is 1.74 bits per heavy atom. The number of halogens is 1. The Bertz CT molecular complexity index is 1720. The third kappa shape index (κ3) is 8.72. The Morgan fingerprint density at radius 1 is 1.07 bits per heavy atom. The van der Waals surface area contributed by atoms with Crippen LogP contribution in [0.5, 0.6) is 0 Å². The van der Waals surface area contributed by atoms with Crippen molar-refractivity contribution in [3.05, 3.63) is 85.5 Å². The van der Waals surface area contributed by atoms with Gasteiger partial charge in [0.2, 0.25) is 11.8 Å². The second kappa shape index (κ2) is 19.6. The second-order valence-corrected chi connectivity index (χ2v) is 16.4. The number of likely N-dealkylation sites (tertiary alicyclic amines) is 1. The number of esters is 1. The molecule has 1 spiro atoms. The third-order valence-corrected chi connectivity index (χ3v) is 12.8. The molecular formula is C44H59BrN4O8.